The Hall–Kier alpha value is -2.45. The maximum atomic E-state index is 13.4. The number of hydrogen-bond acceptors (Lipinski definition) is 5. The molecule has 0 saturated carbocycles. The lowest BCUT2D eigenvalue weighted by Crippen LogP contribution is -2.32. The fraction of sp³-hybridized carbons (Fsp3) is 0.133. The number of alkyl halides is 3. The minimum Gasteiger partial charge on any atom is -0.310 e. The molecule has 2 heterocycles. The van der Waals surface area contributed by atoms with Gasteiger partial charge in [-0.2, -0.15) is 13.2 Å². The molecule has 0 atom stereocenters. The monoisotopic (exact) mass is 353 g/mol. The van der Waals surface area contributed by atoms with Crippen molar-refractivity contribution in [1.29, 1.82) is 0 Å². The van der Waals surface area contributed by atoms with Gasteiger partial charge in [-0.3, -0.25) is 9.98 Å². The van der Waals surface area contributed by atoms with Crippen LogP contribution in [0.25, 0.3) is 0 Å². The standard InChI is InChI=1S/C15H11ClF3N5/c16-8-5-9-13(10(6-8)15(17,18)19)23-12(24-20)7-22-14(9)11-3-1-2-4-21-11/h1-6H,7,20H2,(H,23,24). The van der Waals surface area contributed by atoms with Crippen molar-refractivity contribution in [2.45, 2.75) is 6.18 Å². The van der Waals surface area contributed by atoms with Crippen LogP contribution in [0.1, 0.15) is 16.8 Å². The first kappa shape index (κ1) is 16.4. The number of halogens is 4. The molecule has 9 heteroatoms. The molecular formula is C15H11ClF3N5. The summed E-state index contributed by atoms with van der Waals surface area (Å²) in [5.74, 6) is 5.44. The van der Waals surface area contributed by atoms with Crippen molar-refractivity contribution >= 4 is 28.8 Å². The van der Waals surface area contributed by atoms with Crippen molar-refractivity contribution in [2.75, 3.05) is 6.54 Å². The minimum atomic E-state index is -4.63. The van der Waals surface area contributed by atoms with Crippen LogP contribution >= 0.6 is 11.6 Å². The lowest BCUT2D eigenvalue weighted by molar-refractivity contribution is -0.137. The number of pyridine rings is 1. The number of rotatable bonds is 1. The number of nitrogens with two attached hydrogens (primary N) is 1. The summed E-state index contributed by atoms with van der Waals surface area (Å²) in [5, 5.41) is -0.0657. The maximum Gasteiger partial charge on any atom is 0.418 e. The molecule has 1 aliphatic rings. The molecule has 1 aromatic carbocycles. The third kappa shape index (κ3) is 3.10. The van der Waals surface area contributed by atoms with Crippen molar-refractivity contribution in [2.24, 2.45) is 15.8 Å². The first-order valence-electron chi connectivity index (χ1n) is 6.81. The van der Waals surface area contributed by atoms with Crippen molar-refractivity contribution in [3.05, 3.63) is 58.4 Å². The summed E-state index contributed by atoms with van der Waals surface area (Å²) in [6.45, 7) is -0.00793. The lowest BCUT2D eigenvalue weighted by atomic mass is 10.0. The van der Waals surface area contributed by atoms with E-state index < -0.39 is 11.7 Å². The molecule has 0 unspecified atom stereocenters. The second-order valence-electron chi connectivity index (χ2n) is 4.93. The summed E-state index contributed by atoms with van der Waals surface area (Å²) in [4.78, 5) is 12.5. The predicted octanol–water partition coefficient (Wildman–Crippen LogP) is 3.10. The second-order valence-corrected chi connectivity index (χ2v) is 5.37. The summed E-state index contributed by atoms with van der Waals surface area (Å²) < 4.78 is 40.2. The topological polar surface area (TPSA) is 75.7 Å². The van der Waals surface area contributed by atoms with Crippen LogP contribution in [0.3, 0.4) is 0 Å². The number of hydrogen-bond donors (Lipinski definition) is 2. The van der Waals surface area contributed by atoms with Gasteiger partial charge in [-0.1, -0.05) is 17.7 Å². The average molecular weight is 354 g/mol. The van der Waals surface area contributed by atoms with Gasteiger partial charge in [0, 0.05) is 16.8 Å². The van der Waals surface area contributed by atoms with Crippen molar-refractivity contribution < 1.29 is 13.2 Å². The van der Waals surface area contributed by atoms with Crippen LogP contribution in [0.5, 0.6) is 0 Å². The molecule has 24 heavy (non-hydrogen) atoms. The number of nitrogens with zero attached hydrogens (tertiary/aromatic N) is 3. The molecule has 5 nitrogen and oxygen atoms in total. The predicted molar refractivity (Wildman–Crippen MR) is 85.6 cm³/mol. The Morgan fingerprint density at radius 1 is 1.21 bits per heavy atom. The highest BCUT2D eigenvalue weighted by Crippen LogP contribution is 2.41. The van der Waals surface area contributed by atoms with E-state index in [4.69, 9.17) is 17.4 Å². The van der Waals surface area contributed by atoms with Gasteiger partial charge in [-0.05, 0) is 24.3 Å². The molecule has 2 aromatic rings. The van der Waals surface area contributed by atoms with E-state index in [-0.39, 0.29) is 34.4 Å². The molecule has 0 radical (unpaired) electrons. The summed E-state index contributed by atoms with van der Waals surface area (Å²) in [6.07, 6.45) is -3.10. The lowest BCUT2D eigenvalue weighted by Gasteiger charge is -2.15. The van der Waals surface area contributed by atoms with Gasteiger partial charge in [0.2, 0.25) is 0 Å². The van der Waals surface area contributed by atoms with Gasteiger partial charge in [0.15, 0.2) is 0 Å². The van der Waals surface area contributed by atoms with Crippen LogP contribution in [0.2, 0.25) is 5.02 Å². The van der Waals surface area contributed by atoms with Crippen molar-refractivity contribution in [3.63, 3.8) is 0 Å². The van der Waals surface area contributed by atoms with Crippen LogP contribution < -0.4 is 11.3 Å². The highest BCUT2D eigenvalue weighted by Gasteiger charge is 2.36. The summed E-state index contributed by atoms with van der Waals surface area (Å²) in [7, 11) is 0. The van der Waals surface area contributed by atoms with Gasteiger partial charge in [-0.15, -0.1) is 0 Å². The van der Waals surface area contributed by atoms with E-state index in [1.54, 1.807) is 18.2 Å². The van der Waals surface area contributed by atoms with Crippen LogP contribution in [0.15, 0.2) is 46.5 Å². The molecule has 0 aliphatic carbocycles. The molecule has 0 bridgehead atoms. The van der Waals surface area contributed by atoms with Crippen LogP contribution in [0, 0.1) is 0 Å². The van der Waals surface area contributed by atoms with Gasteiger partial charge < -0.3 is 5.43 Å². The first-order chi connectivity index (χ1) is 11.4. The maximum absolute atomic E-state index is 13.4. The molecule has 0 fully saturated rings. The normalized spacial score (nSPS) is 14.4. The van der Waals surface area contributed by atoms with Crippen LogP contribution in [-0.4, -0.2) is 23.1 Å². The number of aliphatic imine (C=N–C) groups is 2. The fourth-order valence-corrected chi connectivity index (χ4v) is 2.54. The van der Waals surface area contributed by atoms with E-state index in [2.05, 4.69) is 20.4 Å². The number of hydrazine groups is 1. The number of amidine groups is 1. The summed E-state index contributed by atoms with van der Waals surface area (Å²) in [5.41, 5.74) is 1.87. The highest BCUT2D eigenvalue weighted by molar-refractivity contribution is 6.31. The van der Waals surface area contributed by atoms with Crippen molar-refractivity contribution in [3.8, 4) is 0 Å². The number of fused-ring (bicyclic) bond motifs is 1. The van der Waals surface area contributed by atoms with Crippen LogP contribution in [0.4, 0.5) is 18.9 Å². The zero-order valence-corrected chi connectivity index (χ0v) is 12.9. The van der Waals surface area contributed by atoms with E-state index in [0.717, 1.165) is 6.07 Å². The van der Waals surface area contributed by atoms with E-state index in [1.807, 2.05) is 0 Å². The Morgan fingerprint density at radius 3 is 2.62 bits per heavy atom. The third-order valence-corrected chi connectivity index (χ3v) is 3.56. The fourth-order valence-electron chi connectivity index (χ4n) is 2.33. The zero-order chi connectivity index (χ0) is 17.3. The molecular weight excluding hydrogens is 343 g/mol. The summed E-state index contributed by atoms with van der Waals surface area (Å²) >= 11 is 5.90. The van der Waals surface area contributed by atoms with Crippen LogP contribution in [-0.2, 0) is 6.18 Å². The SMILES string of the molecule is NNC1=Nc2c(cc(Cl)cc2C(F)(F)F)C(c2ccccn2)=NC1. The number of nitrogens with one attached hydrogen (secondary N) is 1. The molecule has 0 spiro atoms. The van der Waals surface area contributed by atoms with E-state index in [9.17, 15) is 13.2 Å². The molecule has 0 saturated heterocycles. The van der Waals surface area contributed by atoms with Gasteiger partial charge in [0.05, 0.1) is 29.2 Å². The molecule has 3 rings (SSSR count). The van der Waals surface area contributed by atoms with Gasteiger partial charge in [0.1, 0.15) is 5.84 Å². The average Bonchev–Trinajstić information content (AvgIpc) is 2.73. The van der Waals surface area contributed by atoms with E-state index in [1.165, 1.54) is 12.3 Å². The Kier molecular flexibility index (Phi) is 4.25. The third-order valence-electron chi connectivity index (χ3n) is 3.34. The van der Waals surface area contributed by atoms with Crippen molar-refractivity contribution in [1.82, 2.24) is 10.4 Å². The zero-order valence-electron chi connectivity index (χ0n) is 12.1. The number of aromatic nitrogens is 1. The van der Waals surface area contributed by atoms with E-state index >= 15 is 0 Å². The van der Waals surface area contributed by atoms with Gasteiger partial charge in [-0.25, -0.2) is 10.8 Å². The summed E-state index contributed by atoms with van der Waals surface area (Å²) in [6, 6.07) is 7.29. The Labute approximate surface area is 140 Å². The first-order valence-corrected chi connectivity index (χ1v) is 7.19. The molecule has 124 valence electrons. The molecule has 0 amide bonds. The number of benzene rings is 1. The quantitative estimate of drug-likeness (QED) is 0.611. The second kappa shape index (κ2) is 6.21. The highest BCUT2D eigenvalue weighted by atomic mass is 35.5. The molecule has 1 aliphatic heterocycles. The molecule has 3 N–H and O–H groups in total. The minimum absolute atomic E-state index is 0.00793. The Morgan fingerprint density at radius 2 is 2.00 bits per heavy atom. The largest absolute Gasteiger partial charge is 0.418 e. The smallest absolute Gasteiger partial charge is 0.310 e. The Bertz CT molecular complexity index is 831. The molecule has 1 aromatic heterocycles. The Balaban J connectivity index is 2.31. The van der Waals surface area contributed by atoms with E-state index in [0.29, 0.717) is 5.69 Å². The van der Waals surface area contributed by atoms with Gasteiger partial charge in [0.25, 0.3) is 0 Å². The van der Waals surface area contributed by atoms with Gasteiger partial charge >= 0.3 is 6.18 Å².